The standard InChI is InChI=1S/C16H21NO2/c1-4-11-16(2,3)17-15(19)14-10-6-5-8-13(14)9-7-12-18/h5-6,8,10,18H,4,11-12H2,1-3H3,(H,17,19). The highest BCUT2D eigenvalue weighted by molar-refractivity contribution is 5.97. The maximum absolute atomic E-state index is 12.3. The summed E-state index contributed by atoms with van der Waals surface area (Å²) in [5.41, 5.74) is 0.956. The Morgan fingerprint density at radius 2 is 2.05 bits per heavy atom. The van der Waals surface area contributed by atoms with Gasteiger partial charge in [0, 0.05) is 11.1 Å². The number of carbonyl (C=O) groups is 1. The van der Waals surface area contributed by atoms with Crippen molar-refractivity contribution in [3.05, 3.63) is 35.4 Å². The van der Waals surface area contributed by atoms with Gasteiger partial charge in [-0.2, -0.15) is 0 Å². The molecule has 3 heteroatoms. The van der Waals surface area contributed by atoms with Crippen molar-refractivity contribution in [1.82, 2.24) is 5.32 Å². The van der Waals surface area contributed by atoms with Crippen LogP contribution in [0.15, 0.2) is 24.3 Å². The highest BCUT2D eigenvalue weighted by atomic mass is 16.2. The summed E-state index contributed by atoms with van der Waals surface area (Å²) in [6.45, 7) is 5.90. The topological polar surface area (TPSA) is 49.3 Å². The molecule has 0 heterocycles. The van der Waals surface area contributed by atoms with Crippen LogP contribution in [0, 0.1) is 11.8 Å². The number of benzene rings is 1. The summed E-state index contributed by atoms with van der Waals surface area (Å²) >= 11 is 0. The predicted molar refractivity (Wildman–Crippen MR) is 76.9 cm³/mol. The molecule has 0 saturated carbocycles. The van der Waals surface area contributed by atoms with Crippen LogP contribution in [0.4, 0.5) is 0 Å². The lowest BCUT2D eigenvalue weighted by Gasteiger charge is -2.26. The molecule has 1 aromatic rings. The molecule has 2 N–H and O–H groups in total. The first-order valence-electron chi connectivity index (χ1n) is 6.51. The minimum atomic E-state index is -0.233. The SMILES string of the molecule is CCCC(C)(C)NC(=O)c1ccccc1C#CCO. The first kappa shape index (κ1) is 15.3. The van der Waals surface area contributed by atoms with E-state index in [9.17, 15) is 4.79 Å². The highest BCUT2D eigenvalue weighted by Gasteiger charge is 2.21. The zero-order valence-electron chi connectivity index (χ0n) is 11.8. The molecule has 19 heavy (non-hydrogen) atoms. The van der Waals surface area contributed by atoms with E-state index in [0.29, 0.717) is 11.1 Å². The van der Waals surface area contributed by atoms with Crippen molar-refractivity contribution < 1.29 is 9.90 Å². The summed E-state index contributed by atoms with van der Waals surface area (Å²) in [7, 11) is 0. The number of hydrogen-bond donors (Lipinski definition) is 2. The Bertz CT molecular complexity index is 495. The van der Waals surface area contributed by atoms with Gasteiger partial charge in [0.1, 0.15) is 6.61 Å². The minimum absolute atomic E-state index is 0.124. The summed E-state index contributed by atoms with van der Waals surface area (Å²) in [6.07, 6.45) is 1.93. The summed E-state index contributed by atoms with van der Waals surface area (Å²) in [5.74, 6) is 5.25. The number of amides is 1. The van der Waals surface area contributed by atoms with Gasteiger partial charge in [0.15, 0.2) is 0 Å². The van der Waals surface area contributed by atoms with E-state index in [1.807, 2.05) is 26.0 Å². The Morgan fingerprint density at radius 3 is 2.68 bits per heavy atom. The average molecular weight is 259 g/mol. The quantitative estimate of drug-likeness (QED) is 0.815. The van der Waals surface area contributed by atoms with Gasteiger partial charge in [-0.05, 0) is 32.4 Å². The van der Waals surface area contributed by atoms with Gasteiger partial charge in [0.2, 0.25) is 0 Å². The third kappa shape index (κ3) is 4.76. The molecule has 0 unspecified atom stereocenters. The van der Waals surface area contributed by atoms with Gasteiger partial charge in [0.05, 0.1) is 5.56 Å². The first-order chi connectivity index (χ1) is 9.00. The van der Waals surface area contributed by atoms with Gasteiger partial charge >= 0.3 is 0 Å². The number of rotatable bonds is 4. The van der Waals surface area contributed by atoms with Gasteiger partial charge in [-0.3, -0.25) is 4.79 Å². The van der Waals surface area contributed by atoms with Crippen LogP contribution in [0.25, 0.3) is 0 Å². The van der Waals surface area contributed by atoms with E-state index in [4.69, 9.17) is 5.11 Å². The lowest BCUT2D eigenvalue weighted by Crippen LogP contribution is -2.43. The van der Waals surface area contributed by atoms with E-state index in [-0.39, 0.29) is 18.1 Å². The van der Waals surface area contributed by atoms with Crippen molar-refractivity contribution in [2.75, 3.05) is 6.61 Å². The molecule has 0 radical (unpaired) electrons. The van der Waals surface area contributed by atoms with Gasteiger partial charge in [-0.25, -0.2) is 0 Å². The number of nitrogens with one attached hydrogen (secondary N) is 1. The molecule has 3 nitrogen and oxygen atoms in total. The Kier molecular flexibility index (Phi) is 5.59. The molecule has 0 saturated heterocycles. The Balaban J connectivity index is 2.94. The fourth-order valence-corrected chi connectivity index (χ4v) is 1.99. The second-order valence-corrected chi connectivity index (χ2v) is 5.09. The van der Waals surface area contributed by atoms with Crippen LogP contribution in [-0.4, -0.2) is 23.2 Å². The molecule has 0 fully saturated rings. The van der Waals surface area contributed by atoms with Gasteiger partial charge in [-0.15, -0.1) is 0 Å². The molecule has 1 rings (SSSR count). The van der Waals surface area contributed by atoms with Crippen LogP contribution in [0.2, 0.25) is 0 Å². The van der Waals surface area contributed by atoms with E-state index in [1.54, 1.807) is 12.1 Å². The van der Waals surface area contributed by atoms with E-state index in [2.05, 4.69) is 24.1 Å². The summed E-state index contributed by atoms with van der Waals surface area (Å²) in [5, 5.41) is 11.8. The molecule has 0 aromatic heterocycles. The van der Waals surface area contributed by atoms with E-state index in [1.165, 1.54) is 0 Å². The van der Waals surface area contributed by atoms with Gasteiger partial charge < -0.3 is 10.4 Å². The van der Waals surface area contributed by atoms with Crippen molar-refractivity contribution in [3.63, 3.8) is 0 Å². The van der Waals surface area contributed by atoms with Crippen molar-refractivity contribution in [1.29, 1.82) is 0 Å². The maximum Gasteiger partial charge on any atom is 0.252 e. The van der Waals surface area contributed by atoms with E-state index in [0.717, 1.165) is 12.8 Å². The molecule has 1 amide bonds. The molecule has 0 spiro atoms. The van der Waals surface area contributed by atoms with Crippen LogP contribution in [0.3, 0.4) is 0 Å². The molecule has 1 aromatic carbocycles. The summed E-state index contributed by atoms with van der Waals surface area (Å²) < 4.78 is 0. The van der Waals surface area contributed by atoms with E-state index < -0.39 is 0 Å². The zero-order chi connectivity index (χ0) is 14.3. The largest absolute Gasteiger partial charge is 0.384 e. The molecule has 0 aliphatic rings. The lowest BCUT2D eigenvalue weighted by molar-refractivity contribution is 0.0909. The first-order valence-corrected chi connectivity index (χ1v) is 6.51. The number of carbonyl (C=O) groups excluding carboxylic acids is 1. The summed E-state index contributed by atoms with van der Waals surface area (Å²) in [6, 6.07) is 7.17. The van der Waals surface area contributed by atoms with Crippen LogP contribution >= 0.6 is 0 Å². The maximum atomic E-state index is 12.3. The zero-order valence-corrected chi connectivity index (χ0v) is 11.8. The highest BCUT2D eigenvalue weighted by Crippen LogP contribution is 2.14. The Labute approximate surface area is 115 Å². The normalized spacial score (nSPS) is 10.5. The average Bonchev–Trinajstić information content (AvgIpc) is 2.36. The van der Waals surface area contributed by atoms with Gasteiger partial charge in [0.25, 0.3) is 5.91 Å². The lowest BCUT2D eigenvalue weighted by atomic mass is 9.97. The van der Waals surface area contributed by atoms with E-state index >= 15 is 0 Å². The van der Waals surface area contributed by atoms with Crippen molar-refractivity contribution >= 4 is 5.91 Å². The summed E-state index contributed by atoms with van der Waals surface area (Å²) in [4.78, 5) is 12.3. The molecule has 0 atom stereocenters. The van der Waals surface area contributed by atoms with Crippen LogP contribution in [0.1, 0.15) is 49.5 Å². The molecule has 0 aliphatic carbocycles. The predicted octanol–water partition coefficient (Wildman–Crippen LogP) is 2.34. The van der Waals surface area contributed by atoms with Crippen molar-refractivity contribution in [2.24, 2.45) is 0 Å². The molecular weight excluding hydrogens is 238 g/mol. The number of aliphatic hydroxyl groups is 1. The number of aliphatic hydroxyl groups excluding tert-OH is 1. The fraction of sp³-hybridized carbons (Fsp3) is 0.438. The van der Waals surface area contributed by atoms with Crippen LogP contribution in [-0.2, 0) is 0 Å². The minimum Gasteiger partial charge on any atom is -0.384 e. The molecule has 0 bridgehead atoms. The smallest absolute Gasteiger partial charge is 0.252 e. The van der Waals surface area contributed by atoms with Gasteiger partial charge in [-0.1, -0.05) is 37.3 Å². The van der Waals surface area contributed by atoms with Crippen LogP contribution in [0.5, 0.6) is 0 Å². The molecule has 0 aliphatic heterocycles. The molecular formula is C16H21NO2. The second-order valence-electron chi connectivity index (χ2n) is 5.09. The monoisotopic (exact) mass is 259 g/mol. The third-order valence-corrected chi connectivity index (χ3v) is 2.80. The fourth-order valence-electron chi connectivity index (χ4n) is 1.99. The van der Waals surface area contributed by atoms with Crippen LogP contribution < -0.4 is 5.32 Å². The second kappa shape index (κ2) is 6.96. The number of hydrogen-bond acceptors (Lipinski definition) is 2. The third-order valence-electron chi connectivity index (χ3n) is 2.80. The van der Waals surface area contributed by atoms with Crippen molar-refractivity contribution in [2.45, 2.75) is 39.2 Å². The Hall–Kier alpha value is -1.79. The molecule has 102 valence electrons. The van der Waals surface area contributed by atoms with Crippen molar-refractivity contribution in [3.8, 4) is 11.8 Å². The Morgan fingerprint density at radius 1 is 1.37 bits per heavy atom.